The van der Waals surface area contributed by atoms with Gasteiger partial charge in [-0.05, 0) is 31.0 Å². The summed E-state index contributed by atoms with van der Waals surface area (Å²) in [6, 6.07) is 4.95. The lowest BCUT2D eigenvalue weighted by atomic mass is 10.0. The Bertz CT molecular complexity index is 508. The van der Waals surface area contributed by atoms with Crippen molar-refractivity contribution in [3.63, 3.8) is 0 Å². The van der Waals surface area contributed by atoms with Crippen molar-refractivity contribution < 1.29 is 4.79 Å². The minimum atomic E-state index is -0.441. The normalized spacial score (nSPS) is 13.6. The molecule has 1 rings (SSSR count). The Morgan fingerprint density at radius 2 is 2.10 bits per heavy atom. The first-order chi connectivity index (χ1) is 9.36. The Hall–Kier alpha value is -0.840. The van der Waals surface area contributed by atoms with E-state index in [1.165, 1.54) is 0 Å². The molecule has 0 heterocycles. The smallest absolute Gasteiger partial charge is 0.230 e. The molecular formula is C14H18Cl2N2OS. The molecule has 3 nitrogen and oxygen atoms in total. The molecule has 0 aliphatic rings. The van der Waals surface area contributed by atoms with Gasteiger partial charge in [-0.3, -0.25) is 4.79 Å². The number of halogens is 2. The first-order valence-electron chi connectivity index (χ1n) is 6.41. The summed E-state index contributed by atoms with van der Waals surface area (Å²) in [6.45, 7) is 3.84. The van der Waals surface area contributed by atoms with E-state index in [1.54, 1.807) is 18.2 Å². The summed E-state index contributed by atoms with van der Waals surface area (Å²) in [7, 11) is 0. The molecule has 110 valence electrons. The predicted molar refractivity (Wildman–Crippen MR) is 88.2 cm³/mol. The standard InChI is InChI=1S/C14H18Cl2N2OS/c1-3-4-11(13(17)20)14(19)18-8(2)10-6-5-9(15)7-12(10)16/h5-8,11H,3-4H2,1-2H3,(H2,17,20)(H,18,19). The maximum Gasteiger partial charge on any atom is 0.230 e. The highest BCUT2D eigenvalue weighted by atomic mass is 35.5. The summed E-state index contributed by atoms with van der Waals surface area (Å²) < 4.78 is 0. The molecule has 1 amide bonds. The predicted octanol–water partition coefficient (Wildman–Crippen LogP) is 3.87. The third kappa shape index (κ3) is 4.62. The van der Waals surface area contributed by atoms with Crippen molar-refractivity contribution in [3.8, 4) is 0 Å². The summed E-state index contributed by atoms with van der Waals surface area (Å²) in [5.41, 5.74) is 6.42. The molecular weight excluding hydrogens is 315 g/mol. The second-order valence-corrected chi connectivity index (χ2v) is 5.95. The maximum absolute atomic E-state index is 12.2. The van der Waals surface area contributed by atoms with E-state index in [0.717, 1.165) is 12.0 Å². The number of hydrogen-bond donors (Lipinski definition) is 2. The van der Waals surface area contributed by atoms with Crippen LogP contribution >= 0.6 is 35.4 Å². The van der Waals surface area contributed by atoms with Gasteiger partial charge in [-0.15, -0.1) is 0 Å². The molecule has 2 atom stereocenters. The summed E-state index contributed by atoms with van der Waals surface area (Å²) in [6.07, 6.45) is 1.48. The Labute approximate surface area is 134 Å². The molecule has 0 saturated carbocycles. The van der Waals surface area contributed by atoms with Gasteiger partial charge in [0, 0.05) is 10.0 Å². The van der Waals surface area contributed by atoms with Crippen LogP contribution in [0.25, 0.3) is 0 Å². The Morgan fingerprint density at radius 1 is 1.45 bits per heavy atom. The van der Waals surface area contributed by atoms with Crippen molar-refractivity contribution >= 4 is 46.3 Å². The molecule has 1 aromatic carbocycles. The Kier molecular flexibility index (Phi) is 6.72. The average molecular weight is 333 g/mol. The highest BCUT2D eigenvalue weighted by Crippen LogP contribution is 2.26. The van der Waals surface area contributed by atoms with Gasteiger partial charge < -0.3 is 11.1 Å². The summed E-state index contributed by atoms with van der Waals surface area (Å²) in [5, 5.41) is 3.97. The number of thiocarbonyl (C=S) groups is 1. The lowest BCUT2D eigenvalue weighted by molar-refractivity contribution is -0.123. The van der Waals surface area contributed by atoms with Crippen LogP contribution in [0.15, 0.2) is 18.2 Å². The third-order valence-electron chi connectivity index (χ3n) is 3.03. The lowest BCUT2D eigenvalue weighted by Gasteiger charge is -2.20. The van der Waals surface area contributed by atoms with Crippen LogP contribution < -0.4 is 11.1 Å². The molecule has 1 aromatic rings. The summed E-state index contributed by atoms with van der Waals surface area (Å²) >= 11 is 16.9. The molecule has 20 heavy (non-hydrogen) atoms. The molecule has 3 N–H and O–H groups in total. The fourth-order valence-electron chi connectivity index (χ4n) is 1.94. The van der Waals surface area contributed by atoms with Gasteiger partial charge in [0.1, 0.15) is 0 Å². The number of rotatable bonds is 6. The van der Waals surface area contributed by atoms with Crippen molar-refractivity contribution in [2.24, 2.45) is 11.7 Å². The Balaban J connectivity index is 2.81. The molecule has 6 heteroatoms. The first kappa shape index (κ1) is 17.2. The largest absolute Gasteiger partial charge is 0.393 e. The van der Waals surface area contributed by atoms with Crippen LogP contribution in [0.1, 0.15) is 38.3 Å². The monoisotopic (exact) mass is 332 g/mol. The minimum Gasteiger partial charge on any atom is -0.393 e. The zero-order chi connectivity index (χ0) is 15.3. The first-order valence-corrected chi connectivity index (χ1v) is 7.57. The fourth-order valence-corrected chi connectivity index (χ4v) is 2.73. The van der Waals surface area contributed by atoms with Gasteiger partial charge in [0.15, 0.2) is 0 Å². The summed E-state index contributed by atoms with van der Waals surface area (Å²) in [5.74, 6) is -0.610. The molecule has 0 fully saturated rings. The fraction of sp³-hybridized carbons (Fsp3) is 0.429. The van der Waals surface area contributed by atoms with Crippen LogP contribution in [0, 0.1) is 5.92 Å². The highest BCUT2D eigenvalue weighted by molar-refractivity contribution is 7.80. The second kappa shape index (κ2) is 7.81. The van der Waals surface area contributed by atoms with E-state index in [9.17, 15) is 4.79 Å². The van der Waals surface area contributed by atoms with E-state index >= 15 is 0 Å². The van der Waals surface area contributed by atoms with E-state index in [0.29, 0.717) is 16.5 Å². The molecule has 0 aliphatic heterocycles. The van der Waals surface area contributed by atoms with Gasteiger partial charge in [0.25, 0.3) is 0 Å². The van der Waals surface area contributed by atoms with Crippen LogP contribution in [-0.2, 0) is 4.79 Å². The van der Waals surface area contributed by atoms with E-state index in [1.807, 2.05) is 13.8 Å². The number of nitrogens with one attached hydrogen (secondary N) is 1. The molecule has 2 unspecified atom stereocenters. The number of amides is 1. The van der Waals surface area contributed by atoms with Crippen molar-refractivity contribution in [1.29, 1.82) is 0 Å². The van der Waals surface area contributed by atoms with E-state index in [2.05, 4.69) is 5.32 Å². The number of hydrogen-bond acceptors (Lipinski definition) is 2. The van der Waals surface area contributed by atoms with Gasteiger partial charge >= 0.3 is 0 Å². The zero-order valence-electron chi connectivity index (χ0n) is 11.5. The molecule has 0 spiro atoms. The SMILES string of the molecule is CCCC(C(=O)NC(C)c1ccc(Cl)cc1Cl)C(N)=S. The number of carbonyl (C=O) groups excluding carboxylic acids is 1. The number of nitrogens with two attached hydrogens (primary N) is 1. The topological polar surface area (TPSA) is 55.1 Å². The average Bonchev–Trinajstić information content (AvgIpc) is 2.34. The van der Waals surface area contributed by atoms with Crippen molar-refractivity contribution in [2.75, 3.05) is 0 Å². The lowest BCUT2D eigenvalue weighted by Crippen LogP contribution is -2.39. The van der Waals surface area contributed by atoms with Crippen LogP contribution in [0.4, 0.5) is 0 Å². The van der Waals surface area contributed by atoms with Crippen LogP contribution in [0.2, 0.25) is 10.0 Å². The quantitative estimate of drug-likeness (QED) is 0.777. The molecule has 0 saturated heterocycles. The van der Waals surface area contributed by atoms with Gasteiger partial charge in [0.05, 0.1) is 16.9 Å². The van der Waals surface area contributed by atoms with Gasteiger partial charge in [-0.1, -0.05) is 54.8 Å². The van der Waals surface area contributed by atoms with E-state index in [-0.39, 0.29) is 16.9 Å². The number of carbonyl (C=O) groups is 1. The molecule has 0 bridgehead atoms. The van der Waals surface area contributed by atoms with Gasteiger partial charge in [-0.25, -0.2) is 0 Å². The minimum absolute atomic E-state index is 0.169. The van der Waals surface area contributed by atoms with Gasteiger partial charge in [0.2, 0.25) is 5.91 Å². The van der Waals surface area contributed by atoms with Crippen LogP contribution in [0.5, 0.6) is 0 Å². The molecule has 0 aromatic heterocycles. The van der Waals surface area contributed by atoms with Crippen LogP contribution in [-0.4, -0.2) is 10.9 Å². The third-order valence-corrected chi connectivity index (χ3v) is 3.87. The number of benzene rings is 1. The van der Waals surface area contributed by atoms with Crippen molar-refractivity contribution in [2.45, 2.75) is 32.7 Å². The van der Waals surface area contributed by atoms with Crippen LogP contribution in [0.3, 0.4) is 0 Å². The van der Waals surface area contributed by atoms with E-state index < -0.39 is 5.92 Å². The summed E-state index contributed by atoms with van der Waals surface area (Å²) in [4.78, 5) is 12.4. The van der Waals surface area contributed by atoms with E-state index in [4.69, 9.17) is 41.2 Å². The molecule has 0 aliphatic carbocycles. The molecule has 0 radical (unpaired) electrons. The Morgan fingerprint density at radius 3 is 2.60 bits per heavy atom. The highest BCUT2D eigenvalue weighted by Gasteiger charge is 2.22. The van der Waals surface area contributed by atoms with Crippen molar-refractivity contribution in [1.82, 2.24) is 5.32 Å². The maximum atomic E-state index is 12.2. The second-order valence-electron chi connectivity index (χ2n) is 4.64. The van der Waals surface area contributed by atoms with Crippen molar-refractivity contribution in [3.05, 3.63) is 33.8 Å². The zero-order valence-corrected chi connectivity index (χ0v) is 13.8. The van der Waals surface area contributed by atoms with Gasteiger partial charge in [-0.2, -0.15) is 0 Å².